The van der Waals surface area contributed by atoms with Crippen LogP contribution in [0, 0.1) is 0 Å². The first-order valence-corrected chi connectivity index (χ1v) is 8.52. The van der Waals surface area contributed by atoms with Crippen LogP contribution in [0.15, 0.2) is 30.6 Å². The second kappa shape index (κ2) is 6.58. The van der Waals surface area contributed by atoms with Crippen LogP contribution in [0.25, 0.3) is 0 Å². The molecule has 0 radical (unpaired) electrons. The van der Waals surface area contributed by atoms with E-state index in [0.717, 1.165) is 36.5 Å². The van der Waals surface area contributed by atoms with Crippen molar-refractivity contribution in [3.05, 3.63) is 42.0 Å². The smallest absolute Gasteiger partial charge is 0.258 e. The predicted molar refractivity (Wildman–Crippen MR) is 91.4 cm³/mol. The van der Waals surface area contributed by atoms with Crippen molar-refractivity contribution in [2.24, 2.45) is 0 Å². The maximum absolute atomic E-state index is 12.1. The Morgan fingerprint density at radius 3 is 3.20 bits per heavy atom. The van der Waals surface area contributed by atoms with Gasteiger partial charge < -0.3 is 19.9 Å². The Morgan fingerprint density at radius 2 is 2.28 bits per heavy atom. The highest BCUT2D eigenvalue weighted by atomic mass is 16.5. The number of hydrogen-bond donors (Lipinski definition) is 2. The summed E-state index contributed by atoms with van der Waals surface area (Å²) in [6.07, 6.45) is 6.67. The highest BCUT2D eigenvalue weighted by Crippen LogP contribution is 2.26. The van der Waals surface area contributed by atoms with E-state index in [1.165, 1.54) is 0 Å². The van der Waals surface area contributed by atoms with Crippen LogP contribution in [0.2, 0.25) is 0 Å². The largest absolute Gasteiger partial charge is 0.484 e. The van der Waals surface area contributed by atoms with Gasteiger partial charge in [-0.15, -0.1) is 0 Å². The fourth-order valence-corrected chi connectivity index (χ4v) is 3.35. The van der Waals surface area contributed by atoms with Crippen molar-refractivity contribution in [3.63, 3.8) is 0 Å². The van der Waals surface area contributed by atoms with Gasteiger partial charge in [-0.3, -0.25) is 9.59 Å². The van der Waals surface area contributed by atoms with Crippen molar-refractivity contribution < 1.29 is 14.3 Å². The van der Waals surface area contributed by atoms with E-state index in [4.69, 9.17) is 4.74 Å². The number of fused-ring (bicyclic) bond motifs is 2. The number of amides is 2. The monoisotopic (exact) mass is 340 g/mol. The van der Waals surface area contributed by atoms with Gasteiger partial charge in [0.15, 0.2) is 6.61 Å². The highest BCUT2D eigenvalue weighted by molar-refractivity contribution is 5.94. The van der Waals surface area contributed by atoms with E-state index in [-0.39, 0.29) is 24.5 Å². The molecule has 25 heavy (non-hydrogen) atoms. The van der Waals surface area contributed by atoms with Crippen molar-refractivity contribution >= 4 is 17.5 Å². The number of anilines is 1. The van der Waals surface area contributed by atoms with Crippen LogP contribution in [0.1, 0.15) is 24.2 Å². The Kier molecular flexibility index (Phi) is 4.13. The van der Waals surface area contributed by atoms with Gasteiger partial charge >= 0.3 is 0 Å². The summed E-state index contributed by atoms with van der Waals surface area (Å²) < 4.78 is 7.69. The summed E-state index contributed by atoms with van der Waals surface area (Å²) in [5.74, 6) is 1.63. The molecule has 1 aromatic carbocycles. The van der Waals surface area contributed by atoms with E-state index in [1.54, 1.807) is 12.3 Å². The summed E-state index contributed by atoms with van der Waals surface area (Å²) in [5, 5.41) is 5.85. The second-order valence-electron chi connectivity index (χ2n) is 6.45. The van der Waals surface area contributed by atoms with Crippen LogP contribution in [0.5, 0.6) is 5.75 Å². The molecule has 1 atom stereocenters. The number of nitrogens with zero attached hydrogens (tertiary/aromatic N) is 2. The van der Waals surface area contributed by atoms with Crippen LogP contribution in [-0.2, 0) is 29.0 Å². The van der Waals surface area contributed by atoms with Gasteiger partial charge in [-0.05, 0) is 36.6 Å². The first-order chi connectivity index (χ1) is 12.2. The van der Waals surface area contributed by atoms with Crippen molar-refractivity contribution in [2.75, 3.05) is 11.9 Å². The molecule has 2 aliphatic rings. The number of rotatable bonds is 4. The van der Waals surface area contributed by atoms with Crippen molar-refractivity contribution in [1.29, 1.82) is 0 Å². The summed E-state index contributed by atoms with van der Waals surface area (Å²) in [4.78, 5) is 27.8. The van der Waals surface area contributed by atoms with E-state index in [2.05, 4.69) is 20.2 Å². The van der Waals surface area contributed by atoms with Crippen LogP contribution < -0.4 is 15.4 Å². The lowest BCUT2D eigenvalue weighted by molar-refractivity contribution is -0.124. The summed E-state index contributed by atoms with van der Waals surface area (Å²) >= 11 is 0. The molecule has 1 unspecified atom stereocenters. The fourth-order valence-electron chi connectivity index (χ4n) is 3.35. The van der Waals surface area contributed by atoms with E-state index in [1.807, 2.05) is 18.3 Å². The van der Waals surface area contributed by atoms with Crippen molar-refractivity contribution in [1.82, 2.24) is 14.9 Å². The Morgan fingerprint density at radius 1 is 1.36 bits per heavy atom. The second-order valence-corrected chi connectivity index (χ2v) is 6.45. The van der Waals surface area contributed by atoms with Gasteiger partial charge in [0, 0.05) is 43.5 Å². The fraction of sp³-hybridized carbons (Fsp3) is 0.389. The number of carbonyl (C=O) groups excluding carboxylic acids is 2. The quantitative estimate of drug-likeness (QED) is 0.878. The van der Waals surface area contributed by atoms with Gasteiger partial charge in [-0.25, -0.2) is 4.98 Å². The third-order valence-electron chi connectivity index (χ3n) is 4.64. The summed E-state index contributed by atoms with van der Waals surface area (Å²) in [7, 11) is 0. The average Bonchev–Trinajstić information content (AvgIpc) is 3.07. The number of imidazole rings is 1. The van der Waals surface area contributed by atoms with E-state index in [9.17, 15) is 9.59 Å². The van der Waals surface area contributed by atoms with Crippen LogP contribution in [-0.4, -0.2) is 34.0 Å². The van der Waals surface area contributed by atoms with Gasteiger partial charge in [0.05, 0.1) is 0 Å². The average molecular weight is 340 g/mol. The zero-order valence-electron chi connectivity index (χ0n) is 13.8. The molecule has 0 fully saturated rings. The van der Waals surface area contributed by atoms with Crippen molar-refractivity contribution in [2.45, 2.75) is 38.3 Å². The molecule has 2 amide bonds. The standard InChI is InChI=1S/C18H20N4O3/c23-17-6-1-12-9-14(3-4-15(12)21-17)25-11-18(24)20-13-2-5-16-19-7-8-22(16)10-13/h3-4,7-9,13H,1-2,5-6,10-11H2,(H,20,24)(H,21,23). The molecule has 2 N–H and O–H groups in total. The van der Waals surface area contributed by atoms with E-state index in [0.29, 0.717) is 18.6 Å². The summed E-state index contributed by atoms with van der Waals surface area (Å²) in [6, 6.07) is 5.59. The molecule has 1 aromatic heterocycles. The molecular formula is C18H20N4O3. The number of aryl methyl sites for hydroxylation is 2. The lowest BCUT2D eigenvalue weighted by Gasteiger charge is -2.24. The topological polar surface area (TPSA) is 85.2 Å². The first-order valence-electron chi connectivity index (χ1n) is 8.52. The molecule has 7 heteroatoms. The molecule has 0 spiro atoms. The Hall–Kier alpha value is -2.83. The molecule has 0 bridgehead atoms. The normalized spacial score (nSPS) is 18.7. The van der Waals surface area contributed by atoms with Crippen LogP contribution in [0.3, 0.4) is 0 Å². The molecule has 2 aliphatic heterocycles. The highest BCUT2D eigenvalue weighted by Gasteiger charge is 2.20. The number of hydrogen-bond acceptors (Lipinski definition) is 4. The van der Waals surface area contributed by atoms with E-state index < -0.39 is 0 Å². The van der Waals surface area contributed by atoms with Gasteiger partial charge in [0.25, 0.3) is 5.91 Å². The third-order valence-corrected chi connectivity index (χ3v) is 4.64. The zero-order chi connectivity index (χ0) is 17.2. The van der Waals surface area contributed by atoms with Gasteiger partial charge in [0.1, 0.15) is 11.6 Å². The zero-order valence-corrected chi connectivity index (χ0v) is 13.8. The molecule has 4 rings (SSSR count). The van der Waals surface area contributed by atoms with Crippen LogP contribution in [0.4, 0.5) is 5.69 Å². The maximum Gasteiger partial charge on any atom is 0.258 e. The van der Waals surface area contributed by atoms with Gasteiger partial charge in [-0.2, -0.15) is 0 Å². The lowest BCUT2D eigenvalue weighted by Crippen LogP contribution is -2.42. The predicted octanol–water partition coefficient (Wildman–Crippen LogP) is 1.28. The summed E-state index contributed by atoms with van der Waals surface area (Å²) in [6.45, 7) is 0.734. The molecule has 2 aromatic rings. The minimum Gasteiger partial charge on any atom is -0.484 e. The molecular weight excluding hydrogens is 320 g/mol. The van der Waals surface area contributed by atoms with Crippen LogP contribution >= 0.6 is 0 Å². The molecule has 0 aliphatic carbocycles. The van der Waals surface area contributed by atoms with Crippen molar-refractivity contribution in [3.8, 4) is 5.75 Å². The third kappa shape index (κ3) is 3.50. The molecule has 0 saturated carbocycles. The first kappa shape index (κ1) is 15.7. The number of ether oxygens (including phenoxy) is 1. The molecule has 7 nitrogen and oxygen atoms in total. The minimum absolute atomic E-state index is 0.0154. The Bertz CT molecular complexity index is 814. The Balaban J connectivity index is 1.30. The number of carbonyl (C=O) groups is 2. The van der Waals surface area contributed by atoms with Gasteiger partial charge in [-0.1, -0.05) is 0 Å². The van der Waals surface area contributed by atoms with E-state index >= 15 is 0 Å². The molecule has 3 heterocycles. The lowest BCUT2D eigenvalue weighted by atomic mass is 10.0. The number of benzene rings is 1. The maximum atomic E-state index is 12.1. The number of aromatic nitrogens is 2. The minimum atomic E-state index is -0.125. The van der Waals surface area contributed by atoms with Gasteiger partial charge in [0.2, 0.25) is 5.91 Å². The number of nitrogens with one attached hydrogen (secondary N) is 2. The molecule has 0 saturated heterocycles. The summed E-state index contributed by atoms with van der Waals surface area (Å²) in [5.41, 5.74) is 1.86. The Labute approximate surface area is 145 Å². The molecule has 130 valence electrons. The SMILES string of the molecule is O=C1CCc2cc(OCC(=O)NC3CCc4nccn4C3)ccc2N1.